The molecule has 0 aromatic heterocycles. The normalized spacial score (nSPS) is 12.4. The molecule has 0 atom stereocenters. The second-order valence-corrected chi connectivity index (χ2v) is 7.99. The monoisotopic (exact) mass is 216 g/mol. The van der Waals surface area contributed by atoms with Crippen molar-refractivity contribution in [2.75, 3.05) is 0 Å². The van der Waals surface area contributed by atoms with E-state index in [1.807, 2.05) is 33.9 Å². The lowest BCUT2D eigenvalue weighted by molar-refractivity contribution is -0.132. The van der Waals surface area contributed by atoms with Crippen LogP contribution in [0, 0.1) is 0 Å². The van der Waals surface area contributed by atoms with E-state index < -0.39 is 8.56 Å². The standard InChI is InChI=1S/C10H20O3Si/c1-8(2)9(11)12-14(6,7)13-10(3,4)5/h1H2,2-7H3. The van der Waals surface area contributed by atoms with Crippen LogP contribution in [-0.2, 0) is 13.6 Å². The van der Waals surface area contributed by atoms with Gasteiger partial charge < -0.3 is 8.85 Å². The van der Waals surface area contributed by atoms with Crippen LogP contribution in [0.25, 0.3) is 0 Å². The van der Waals surface area contributed by atoms with Crippen LogP contribution in [0.1, 0.15) is 27.7 Å². The lowest BCUT2D eigenvalue weighted by atomic mass is 10.2. The van der Waals surface area contributed by atoms with E-state index in [9.17, 15) is 4.79 Å². The number of carbonyl (C=O) groups is 1. The Hall–Kier alpha value is -0.613. The van der Waals surface area contributed by atoms with E-state index in [1.54, 1.807) is 6.92 Å². The van der Waals surface area contributed by atoms with Gasteiger partial charge in [-0.05, 0) is 40.8 Å². The molecule has 0 saturated carbocycles. The molecule has 0 unspecified atom stereocenters. The molecule has 0 saturated heterocycles. The second kappa shape index (κ2) is 4.27. The van der Waals surface area contributed by atoms with Crippen LogP contribution in [0.2, 0.25) is 13.1 Å². The zero-order valence-electron chi connectivity index (χ0n) is 9.93. The van der Waals surface area contributed by atoms with E-state index in [-0.39, 0.29) is 11.6 Å². The molecule has 0 rings (SSSR count). The molecule has 0 aliphatic rings. The lowest BCUT2D eigenvalue weighted by Crippen LogP contribution is -2.43. The maximum Gasteiger partial charge on any atom is 0.395 e. The van der Waals surface area contributed by atoms with Gasteiger partial charge in [0.2, 0.25) is 0 Å². The van der Waals surface area contributed by atoms with Crippen molar-refractivity contribution in [1.29, 1.82) is 0 Å². The predicted molar refractivity (Wildman–Crippen MR) is 59.2 cm³/mol. The van der Waals surface area contributed by atoms with Crippen molar-refractivity contribution in [2.45, 2.75) is 46.4 Å². The Labute approximate surface area is 87.4 Å². The molecule has 82 valence electrons. The summed E-state index contributed by atoms with van der Waals surface area (Å²) in [6.45, 7) is 14.7. The molecule has 0 fully saturated rings. The van der Waals surface area contributed by atoms with Gasteiger partial charge >= 0.3 is 14.5 Å². The molecule has 0 amide bonds. The van der Waals surface area contributed by atoms with Gasteiger partial charge in [0.1, 0.15) is 0 Å². The summed E-state index contributed by atoms with van der Waals surface area (Å²) in [4.78, 5) is 11.3. The zero-order chi connectivity index (χ0) is 11.6. The fourth-order valence-electron chi connectivity index (χ4n) is 1.07. The lowest BCUT2D eigenvalue weighted by Gasteiger charge is -2.31. The molecule has 0 spiro atoms. The van der Waals surface area contributed by atoms with E-state index in [0.717, 1.165) is 0 Å². The maximum atomic E-state index is 11.3. The van der Waals surface area contributed by atoms with Gasteiger partial charge in [-0.15, -0.1) is 0 Å². The third kappa shape index (κ3) is 5.94. The summed E-state index contributed by atoms with van der Waals surface area (Å²) < 4.78 is 11.0. The maximum absolute atomic E-state index is 11.3. The van der Waals surface area contributed by atoms with Crippen LogP contribution < -0.4 is 0 Å². The molecular weight excluding hydrogens is 196 g/mol. The summed E-state index contributed by atoms with van der Waals surface area (Å²) in [6.07, 6.45) is 0. The first-order valence-corrected chi connectivity index (χ1v) is 7.44. The Balaban J connectivity index is 4.35. The number of carbonyl (C=O) groups excluding carboxylic acids is 1. The molecule has 14 heavy (non-hydrogen) atoms. The quantitative estimate of drug-likeness (QED) is 0.537. The molecule has 0 aliphatic heterocycles. The van der Waals surface area contributed by atoms with Crippen LogP contribution in [0.15, 0.2) is 12.2 Å². The van der Waals surface area contributed by atoms with Crippen LogP contribution >= 0.6 is 0 Å². The highest BCUT2D eigenvalue weighted by molar-refractivity contribution is 6.66. The van der Waals surface area contributed by atoms with Crippen LogP contribution in [0.4, 0.5) is 0 Å². The molecule has 3 nitrogen and oxygen atoms in total. The van der Waals surface area contributed by atoms with E-state index in [0.29, 0.717) is 5.57 Å². The molecule has 0 aromatic rings. The molecule has 0 bridgehead atoms. The van der Waals surface area contributed by atoms with E-state index in [2.05, 4.69) is 6.58 Å². The van der Waals surface area contributed by atoms with Crippen molar-refractivity contribution >= 4 is 14.5 Å². The second-order valence-electron chi connectivity index (χ2n) is 4.78. The first kappa shape index (κ1) is 13.4. The van der Waals surface area contributed by atoms with Gasteiger partial charge in [-0.1, -0.05) is 6.58 Å². The van der Waals surface area contributed by atoms with Gasteiger partial charge in [-0.3, -0.25) is 0 Å². The molecule has 0 N–H and O–H groups in total. The topological polar surface area (TPSA) is 35.5 Å². The van der Waals surface area contributed by atoms with Crippen molar-refractivity contribution in [1.82, 2.24) is 0 Å². The van der Waals surface area contributed by atoms with Crippen molar-refractivity contribution in [3.05, 3.63) is 12.2 Å². The Morgan fingerprint density at radius 1 is 1.29 bits per heavy atom. The largest absolute Gasteiger partial charge is 0.491 e. The Morgan fingerprint density at radius 3 is 2.00 bits per heavy atom. The average molecular weight is 216 g/mol. The van der Waals surface area contributed by atoms with Gasteiger partial charge in [-0.25, -0.2) is 4.79 Å². The third-order valence-electron chi connectivity index (χ3n) is 1.24. The highest BCUT2D eigenvalue weighted by Crippen LogP contribution is 2.18. The SMILES string of the molecule is C=C(C)C(=O)O[Si](C)(C)OC(C)(C)C. The number of hydrogen-bond donors (Lipinski definition) is 0. The minimum Gasteiger partial charge on any atom is -0.491 e. The van der Waals surface area contributed by atoms with E-state index in [4.69, 9.17) is 8.85 Å². The van der Waals surface area contributed by atoms with Crippen LogP contribution in [-0.4, -0.2) is 20.1 Å². The molecule has 0 aromatic carbocycles. The predicted octanol–water partition coefficient (Wildman–Crippen LogP) is 2.62. The van der Waals surface area contributed by atoms with Gasteiger partial charge in [-0.2, -0.15) is 0 Å². The fraction of sp³-hybridized carbons (Fsp3) is 0.700. The van der Waals surface area contributed by atoms with Gasteiger partial charge in [0.05, 0.1) is 5.60 Å². The molecule has 0 radical (unpaired) electrons. The fourth-order valence-corrected chi connectivity index (χ4v) is 3.21. The summed E-state index contributed by atoms with van der Waals surface area (Å²) in [6, 6.07) is 0. The summed E-state index contributed by atoms with van der Waals surface area (Å²) in [7, 11) is -2.37. The van der Waals surface area contributed by atoms with Crippen LogP contribution in [0.5, 0.6) is 0 Å². The van der Waals surface area contributed by atoms with Gasteiger partial charge in [0.15, 0.2) is 0 Å². The van der Waals surface area contributed by atoms with Crippen molar-refractivity contribution in [3.8, 4) is 0 Å². The summed E-state index contributed by atoms with van der Waals surface area (Å²) in [5.74, 6) is -0.370. The van der Waals surface area contributed by atoms with Crippen molar-refractivity contribution in [3.63, 3.8) is 0 Å². The van der Waals surface area contributed by atoms with Crippen molar-refractivity contribution in [2.24, 2.45) is 0 Å². The summed E-state index contributed by atoms with van der Waals surface area (Å²) in [5, 5.41) is 0. The zero-order valence-corrected chi connectivity index (χ0v) is 10.9. The Kier molecular flexibility index (Phi) is 4.09. The van der Waals surface area contributed by atoms with Crippen molar-refractivity contribution < 1.29 is 13.6 Å². The summed E-state index contributed by atoms with van der Waals surface area (Å²) in [5.41, 5.74) is 0.119. The first-order chi connectivity index (χ1) is 6.03. The van der Waals surface area contributed by atoms with E-state index >= 15 is 0 Å². The minimum absolute atomic E-state index is 0.287. The molecule has 0 aliphatic carbocycles. The third-order valence-corrected chi connectivity index (χ3v) is 3.02. The minimum atomic E-state index is -2.37. The van der Waals surface area contributed by atoms with E-state index in [1.165, 1.54) is 0 Å². The summed E-state index contributed by atoms with van der Waals surface area (Å²) >= 11 is 0. The molecule has 4 heteroatoms. The highest BCUT2D eigenvalue weighted by atomic mass is 28.4. The number of hydrogen-bond acceptors (Lipinski definition) is 3. The Morgan fingerprint density at radius 2 is 1.71 bits per heavy atom. The average Bonchev–Trinajstić information content (AvgIpc) is 1.78. The molecule has 0 heterocycles. The van der Waals surface area contributed by atoms with Crippen LogP contribution in [0.3, 0.4) is 0 Å². The highest BCUT2D eigenvalue weighted by Gasteiger charge is 2.34. The molecular formula is C10H20O3Si. The smallest absolute Gasteiger partial charge is 0.395 e. The van der Waals surface area contributed by atoms with Gasteiger partial charge in [0.25, 0.3) is 0 Å². The first-order valence-electron chi connectivity index (χ1n) is 4.62. The Bertz CT molecular complexity index is 238. The number of rotatable bonds is 3. The van der Waals surface area contributed by atoms with Gasteiger partial charge in [0, 0.05) is 5.57 Å².